The Hall–Kier alpha value is -2.50. The Kier molecular flexibility index (Phi) is 4.94. The van der Waals surface area contributed by atoms with E-state index in [0.717, 1.165) is 5.69 Å². The van der Waals surface area contributed by atoms with Gasteiger partial charge < -0.3 is 4.90 Å². The molecule has 1 amide bonds. The summed E-state index contributed by atoms with van der Waals surface area (Å²) in [7, 11) is 0. The van der Waals surface area contributed by atoms with Crippen LogP contribution in [-0.4, -0.2) is 33.7 Å². The lowest BCUT2D eigenvalue weighted by Crippen LogP contribution is -2.41. The lowest BCUT2D eigenvalue weighted by atomic mass is 9.92. The van der Waals surface area contributed by atoms with Crippen LogP contribution in [0.3, 0.4) is 0 Å². The van der Waals surface area contributed by atoms with Crippen molar-refractivity contribution in [2.45, 2.75) is 45.1 Å². The molecule has 0 atom stereocenters. The number of halogens is 1. The van der Waals surface area contributed by atoms with Gasteiger partial charge in [-0.2, -0.15) is 5.10 Å². The van der Waals surface area contributed by atoms with Gasteiger partial charge in [0.15, 0.2) is 0 Å². The smallest absolute Gasteiger partial charge is 0.267 e. The van der Waals surface area contributed by atoms with Crippen molar-refractivity contribution in [3.63, 3.8) is 0 Å². The van der Waals surface area contributed by atoms with Gasteiger partial charge in [-0.1, -0.05) is 20.8 Å². The molecular weight excluding hydrogens is 333 g/mol. The maximum absolute atomic E-state index is 13.0. The fourth-order valence-corrected chi connectivity index (χ4v) is 3.18. The molecule has 2 heterocycles. The Balaban J connectivity index is 1.72. The summed E-state index contributed by atoms with van der Waals surface area (Å²) in [6.07, 6.45) is 1.35. The van der Waals surface area contributed by atoms with Crippen molar-refractivity contribution >= 4 is 5.91 Å². The quantitative estimate of drug-likeness (QED) is 0.830. The van der Waals surface area contributed by atoms with Crippen molar-refractivity contribution in [3.8, 4) is 0 Å². The Morgan fingerprint density at radius 3 is 2.27 bits per heavy atom. The molecule has 1 saturated heterocycles. The van der Waals surface area contributed by atoms with Crippen LogP contribution < -0.4 is 5.56 Å². The Bertz CT molecular complexity index is 845. The number of hydrogen-bond acceptors (Lipinski definition) is 3. The van der Waals surface area contributed by atoms with Crippen LogP contribution in [-0.2, 0) is 5.41 Å². The van der Waals surface area contributed by atoms with Crippen molar-refractivity contribution in [3.05, 3.63) is 63.8 Å². The minimum atomic E-state index is -0.357. The summed E-state index contributed by atoms with van der Waals surface area (Å²) in [5.41, 5.74) is 1.12. The molecule has 0 saturated carbocycles. The van der Waals surface area contributed by atoms with E-state index < -0.39 is 0 Å². The van der Waals surface area contributed by atoms with E-state index in [-0.39, 0.29) is 28.7 Å². The molecule has 1 aromatic carbocycles. The van der Waals surface area contributed by atoms with E-state index in [2.05, 4.69) is 25.9 Å². The highest BCUT2D eigenvalue weighted by atomic mass is 19.1. The molecule has 0 radical (unpaired) electrons. The molecule has 6 heteroatoms. The average molecular weight is 357 g/mol. The van der Waals surface area contributed by atoms with E-state index >= 15 is 0 Å². The highest BCUT2D eigenvalue weighted by Gasteiger charge is 2.27. The van der Waals surface area contributed by atoms with E-state index in [9.17, 15) is 14.0 Å². The molecule has 0 N–H and O–H groups in total. The fourth-order valence-electron chi connectivity index (χ4n) is 3.18. The number of nitrogens with zero attached hydrogens (tertiary/aromatic N) is 3. The molecule has 1 aliphatic heterocycles. The summed E-state index contributed by atoms with van der Waals surface area (Å²) >= 11 is 0. The van der Waals surface area contributed by atoms with Crippen LogP contribution in [0.1, 0.15) is 55.7 Å². The first-order valence-corrected chi connectivity index (χ1v) is 8.91. The molecular formula is C20H24FN3O2. The van der Waals surface area contributed by atoms with Crippen LogP contribution >= 0.6 is 0 Å². The third kappa shape index (κ3) is 3.84. The van der Waals surface area contributed by atoms with Crippen molar-refractivity contribution in [1.82, 2.24) is 14.7 Å². The molecule has 0 unspecified atom stereocenters. The summed E-state index contributed by atoms with van der Waals surface area (Å²) in [6, 6.07) is 8.94. The molecule has 2 aromatic rings. The first-order valence-electron chi connectivity index (χ1n) is 8.91. The number of rotatable bonds is 2. The van der Waals surface area contributed by atoms with Crippen LogP contribution in [0.15, 0.2) is 41.2 Å². The number of benzene rings is 1. The molecule has 1 aromatic heterocycles. The van der Waals surface area contributed by atoms with E-state index in [0.29, 0.717) is 31.5 Å². The zero-order valence-electron chi connectivity index (χ0n) is 15.4. The Morgan fingerprint density at radius 1 is 1.08 bits per heavy atom. The number of hydrogen-bond donors (Lipinski definition) is 0. The summed E-state index contributed by atoms with van der Waals surface area (Å²) in [5, 5.41) is 4.56. The average Bonchev–Trinajstić information content (AvgIpc) is 2.61. The van der Waals surface area contributed by atoms with Gasteiger partial charge in [0.25, 0.3) is 11.5 Å². The predicted molar refractivity (Wildman–Crippen MR) is 97.8 cm³/mol. The summed E-state index contributed by atoms with van der Waals surface area (Å²) < 4.78 is 14.6. The van der Waals surface area contributed by atoms with Crippen molar-refractivity contribution < 1.29 is 9.18 Å². The van der Waals surface area contributed by atoms with Crippen LogP contribution in [0.2, 0.25) is 0 Å². The summed E-state index contributed by atoms with van der Waals surface area (Å²) in [4.78, 5) is 26.5. The number of likely N-dealkylation sites (tertiary alicyclic amines) is 1. The second kappa shape index (κ2) is 7.02. The Morgan fingerprint density at radius 2 is 1.69 bits per heavy atom. The highest BCUT2D eigenvalue weighted by Crippen LogP contribution is 2.24. The molecule has 138 valence electrons. The largest absolute Gasteiger partial charge is 0.338 e. The van der Waals surface area contributed by atoms with Crippen LogP contribution in [0.25, 0.3) is 0 Å². The first kappa shape index (κ1) is 18.3. The van der Waals surface area contributed by atoms with Gasteiger partial charge in [-0.05, 0) is 43.2 Å². The van der Waals surface area contributed by atoms with Gasteiger partial charge in [-0.3, -0.25) is 9.59 Å². The van der Waals surface area contributed by atoms with E-state index in [4.69, 9.17) is 0 Å². The van der Waals surface area contributed by atoms with Gasteiger partial charge in [-0.25, -0.2) is 9.07 Å². The minimum absolute atomic E-state index is 0.0120. The Labute approximate surface area is 152 Å². The maximum Gasteiger partial charge on any atom is 0.267 e. The number of amides is 1. The van der Waals surface area contributed by atoms with Crippen molar-refractivity contribution in [1.29, 1.82) is 0 Å². The third-order valence-electron chi connectivity index (χ3n) is 4.78. The van der Waals surface area contributed by atoms with Gasteiger partial charge in [0.05, 0.1) is 11.7 Å². The predicted octanol–water partition coefficient (Wildman–Crippen LogP) is 3.16. The van der Waals surface area contributed by atoms with Crippen LogP contribution in [0.4, 0.5) is 4.39 Å². The van der Waals surface area contributed by atoms with Crippen LogP contribution in [0, 0.1) is 5.82 Å². The standard InChI is InChI=1S/C20H24FN3O2/c1-20(2,3)17-8-9-18(25)24(22-17)16-10-12-23(13-11-16)19(26)14-4-6-15(21)7-5-14/h4-9,16H,10-13H2,1-3H3. The van der Waals surface area contributed by atoms with Gasteiger partial charge in [0, 0.05) is 30.1 Å². The van der Waals surface area contributed by atoms with Gasteiger partial charge in [-0.15, -0.1) is 0 Å². The monoisotopic (exact) mass is 357 g/mol. The molecule has 5 nitrogen and oxygen atoms in total. The SMILES string of the molecule is CC(C)(C)c1ccc(=O)n(C2CCN(C(=O)c3ccc(F)cc3)CC2)n1. The second-order valence-corrected chi connectivity index (χ2v) is 7.78. The summed E-state index contributed by atoms with van der Waals surface area (Å²) in [5.74, 6) is -0.461. The zero-order valence-corrected chi connectivity index (χ0v) is 15.4. The molecule has 0 bridgehead atoms. The summed E-state index contributed by atoms with van der Waals surface area (Å²) in [6.45, 7) is 7.29. The van der Waals surface area contributed by atoms with Crippen LogP contribution in [0.5, 0.6) is 0 Å². The van der Waals surface area contributed by atoms with E-state index in [1.54, 1.807) is 21.7 Å². The van der Waals surface area contributed by atoms with Crippen molar-refractivity contribution in [2.24, 2.45) is 0 Å². The number of aromatic nitrogens is 2. The lowest BCUT2D eigenvalue weighted by Gasteiger charge is -2.33. The zero-order chi connectivity index (χ0) is 18.9. The normalized spacial score (nSPS) is 15.9. The van der Waals surface area contributed by atoms with E-state index in [1.807, 2.05) is 0 Å². The lowest BCUT2D eigenvalue weighted by molar-refractivity contribution is 0.0687. The maximum atomic E-state index is 13.0. The van der Waals surface area contributed by atoms with E-state index in [1.165, 1.54) is 24.3 Å². The molecule has 0 spiro atoms. The molecule has 3 rings (SSSR count). The topological polar surface area (TPSA) is 55.2 Å². The molecule has 26 heavy (non-hydrogen) atoms. The minimum Gasteiger partial charge on any atom is -0.338 e. The molecule has 1 aliphatic rings. The fraction of sp³-hybridized carbons (Fsp3) is 0.450. The number of carbonyl (C=O) groups is 1. The second-order valence-electron chi connectivity index (χ2n) is 7.78. The van der Waals surface area contributed by atoms with Gasteiger partial charge in [0.2, 0.25) is 0 Å². The molecule has 0 aliphatic carbocycles. The third-order valence-corrected chi connectivity index (χ3v) is 4.78. The molecule has 1 fully saturated rings. The number of carbonyl (C=O) groups excluding carboxylic acids is 1. The van der Waals surface area contributed by atoms with Gasteiger partial charge in [0.1, 0.15) is 5.82 Å². The first-order chi connectivity index (χ1) is 12.3. The van der Waals surface area contributed by atoms with Crippen molar-refractivity contribution in [2.75, 3.05) is 13.1 Å². The number of piperidine rings is 1. The van der Waals surface area contributed by atoms with Gasteiger partial charge >= 0.3 is 0 Å². The highest BCUT2D eigenvalue weighted by molar-refractivity contribution is 5.94.